The lowest BCUT2D eigenvalue weighted by molar-refractivity contribution is -0.121. The Morgan fingerprint density at radius 1 is 1.37 bits per heavy atom. The van der Waals surface area contributed by atoms with Crippen LogP contribution in [0.1, 0.15) is 20.3 Å². The van der Waals surface area contributed by atoms with Crippen molar-refractivity contribution < 1.29 is 4.79 Å². The highest BCUT2D eigenvalue weighted by atomic mass is 16.1. The third-order valence-electron chi connectivity index (χ3n) is 2.87. The van der Waals surface area contributed by atoms with Gasteiger partial charge < -0.3 is 15.2 Å². The maximum Gasteiger partial charge on any atom is 0.221 e. The molecule has 1 aromatic carbocycles. The second-order valence-electron chi connectivity index (χ2n) is 4.88. The summed E-state index contributed by atoms with van der Waals surface area (Å²) in [5, 5.41) is 6.06. The number of benzene rings is 1. The first-order valence-electron chi connectivity index (χ1n) is 6.52. The lowest BCUT2D eigenvalue weighted by Gasteiger charge is -2.09. The fraction of sp³-hybridized carbons (Fsp3) is 0.429. The first-order chi connectivity index (χ1) is 9.08. The van der Waals surface area contributed by atoms with Gasteiger partial charge in [0.25, 0.3) is 0 Å². The van der Waals surface area contributed by atoms with E-state index >= 15 is 0 Å². The van der Waals surface area contributed by atoms with Crippen molar-refractivity contribution in [2.24, 2.45) is 7.05 Å². The number of carbonyl (C=O) groups excluding carboxylic acids is 1. The van der Waals surface area contributed by atoms with Gasteiger partial charge in [0, 0.05) is 26.1 Å². The van der Waals surface area contributed by atoms with Gasteiger partial charge in [-0.25, -0.2) is 4.98 Å². The van der Waals surface area contributed by atoms with Crippen molar-refractivity contribution in [3.63, 3.8) is 0 Å². The predicted octanol–water partition coefficient (Wildman–Crippen LogP) is 1.90. The van der Waals surface area contributed by atoms with E-state index in [1.807, 2.05) is 49.7 Å². The van der Waals surface area contributed by atoms with E-state index in [1.54, 1.807) is 0 Å². The molecule has 0 unspecified atom stereocenters. The van der Waals surface area contributed by atoms with E-state index < -0.39 is 0 Å². The van der Waals surface area contributed by atoms with Gasteiger partial charge in [-0.3, -0.25) is 4.79 Å². The number of anilines is 1. The number of hydrogen-bond acceptors (Lipinski definition) is 3. The van der Waals surface area contributed by atoms with Gasteiger partial charge in [-0.15, -0.1) is 0 Å². The number of para-hydroxylation sites is 2. The molecular weight excluding hydrogens is 240 g/mol. The molecule has 0 aliphatic heterocycles. The summed E-state index contributed by atoms with van der Waals surface area (Å²) in [4.78, 5) is 16.0. The first-order valence-corrected chi connectivity index (χ1v) is 6.52. The van der Waals surface area contributed by atoms with Crippen molar-refractivity contribution in [2.45, 2.75) is 26.3 Å². The summed E-state index contributed by atoms with van der Waals surface area (Å²) in [5.74, 6) is 0.847. The minimum atomic E-state index is 0.0567. The predicted molar refractivity (Wildman–Crippen MR) is 77.1 cm³/mol. The third kappa shape index (κ3) is 3.24. The number of aromatic nitrogens is 2. The summed E-state index contributed by atoms with van der Waals surface area (Å²) < 4.78 is 2.00. The Morgan fingerprint density at radius 3 is 2.79 bits per heavy atom. The van der Waals surface area contributed by atoms with Crippen LogP contribution in [0.25, 0.3) is 11.0 Å². The molecule has 0 saturated heterocycles. The number of hydrogen-bond donors (Lipinski definition) is 2. The molecule has 0 radical (unpaired) electrons. The highest BCUT2D eigenvalue weighted by molar-refractivity contribution is 5.79. The minimum Gasteiger partial charge on any atom is -0.355 e. The van der Waals surface area contributed by atoms with Crippen LogP contribution in [0.15, 0.2) is 24.3 Å². The molecule has 5 nitrogen and oxygen atoms in total. The van der Waals surface area contributed by atoms with Gasteiger partial charge in [-0.1, -0.05) is 12.1 Å². The number of nitrogens with zero attached hydrogens (tertiary/aromatic N) is 2. The van der Waals surface area contributed by atoms with Crippen LogP contribution in [-0.4, -0.2) is 28.0 Å². The molecule has 0 bridgehead atoms. The van der Waals surface area contributed by atoms with Crippen molar-refractivity contribution >= 4 is 22.9 Å². The average Bonchev–Trinajstić information content (AvgIpc) is 2.66. The van der Waals surface area contributed by atoms with Gasteiger partial charge in [-0.2, -0.15) is 0 Å². The fourth-order valence-corrected chi connectivity index (χ4v) is 1.99. The zero-order chi connectivity index (χ0) is 13.8. The third-order valence-corrected chi connectivity index (χ3v) is 2.87. The average molecular weight is 260 g/mol. The van der Waals surface area contributed by atoms with Crippen LogP contribution >= 0.6 is 0 Å². The van der Waals surface area contributed by atoms with Crippen LogP contribution in [0.4, 0.5) is 5.95 Å². The molecule has 5 heteroatoms. The van der Waals surface area contributed by atoms with Crippen LogP contribution in [0.3, 0.4) is 0 Å². The molecule has 0 saturated carbocycles. The van der Waals surface area contributed by atoms with Crippen LogP contribution in [0.5, 0.6) is 0 Å². The summed E-state index contributed by atoms with van der Waals surface area (Å²) in [6, 6.07) is 8.15. The van der Waals surface area contributed by atoms with Gasteiger partial charge in [0.2, 0.25) is 11.9 Å². The number of carbonyl (C=O) groups is 1. The Labute approximate surface area is 113 Å². The largest absolute Gasteiger partial charge is 0.355 e. The number of amides is 1. The molecule has 2 aromatic rings. The maximum atomic E-state index is 11.5. The monoisotopic (exact) mass is 260 g/mol. The molecule has 2 N–H and O–H groups in total. The van der Waals surface area contributed by atoms with Crippen LogP contribution < -0.4 is 10.6 Å². The lowest BCUT2D eigenvalue weighted by atomic mass is 10.3. The molecule has 0 atom stereocenters. The quantitative estimate of drug-likeness (QED) is 0.863. The number of rotatable bonds is 5. The summed E-state index contributed by atoms with van der Waals surface area (Å²) in [6.07, 6.45) is 0.446. The van der Waals surface area contributed by atoms with Gasteiger partial charge in [0.1, 0.15) is 0 Å². The smallest absolute Gasteiger partial charge is 0.221 e. The number of nitrogens with one attached hydrogen (secondary N) is 2. The molecule has 0 fully saturated rings. The fourth-order valence-electron chi connectivity index (χ4n) is 1.99. The highest BCUT2D eigenvalue weighted by Crippen LogP contribution is 2.17. The van der Waals surface area contributed by atoms with E-state index in [4.69, 9.17) is 0 Å². The Balaban J connectivity index is 1.95. The van der Waals surface area contributed by atoms with Crippen molar-refractivity contribution in [1.29, 1.82) is 0 Å². The number of imidazole rings is 1. The molecular formula is C14H20N4O. The second-order valence-corrected chi connectivity index (χ2v) is 4.88. The highest BCUT2D eigenvalue weighted by Gasteiger charge is 2.07. The molecule has 1 heterocycles. The van der Waals surface area contributed by atoms with Crippen molar-refractivity contribution in [3.8, 4) is 0 Å². The van der Waals surface area contributed by atoms with Crippen molar-refractivity contribution in [3.05, 3.63) is 24.3 Å². The van der Waals surface area contributed by atoms with E-state index in [0.29, 0.717) is 13.0 Å². The van der Waals surface area contributed by atoms with E-state index in [9.17, 15) is 4.79 Å². The molecule has 102 valence electrons. The van der Waals surface area contributed by atoms with Crippen molar-refractivity contribution in [1.82, 2.24) is 14.9 Å². The number of fused-ring (bicyclic) bond motifs is 1. The molecule has 2 rings (SSSR count). The minimum absolute atomic E-state index is 0.0567. The van der Waals surface area contributed by atoms with Gasteiger partial charge in [-0.05, 0) is 26.0 Å². The van der Waals surface area contributed by atoms with Crippen LogP contribution in [0.2, 0.25) is 0 Å². The van der Waals surface area contributed by atoms with Crippen LogP contribution in [0, 0.1) is 0 Å². The first kappa shape index (κ1) is 13.4. The summed E-state index contributed by atoms with van der Waals surface area (Å²) in [7, 11) is 1.96. The SMILES string of the molecule is CC(C)NC(=O)CCNc1nc2ccccc2n1C. The molecule has 0 aliphatic carbocycles. The van der Waals surface area contributed by atoms with E-state index in [2.05, 4.69) is 15.6 Å². The zero-order valence-electron chi connectivity index (χ0n) is 11.6. The molecule has 0 spiro atoms. The molecule has 0 aliphatic rings. The normalized spacial score (nSPS) is 10.9. The summed E-state index contributed by atoms with van der Waals surface area (Å²) in [5.41, 5.74) is 2.04. The maximum absolute atomic E-state index is 11.5. The Bertz CT molecular complexity index is 574. The Hall–Kier alpha value is -2.04. The molecule has 1 amide bonds. The second kappa shape index (κ2) is 5.73. The standard InChI is InChI=1S/C14H20N4O/c1-10(2)16-13(19)8-9-15-14-17-11-6-4-5-7-12(11)18(14)3/h4-7,10H,8-9H2,1-3H3,(H,15,17)(H,16,19). The van der Waals surface area contributed by atoms with Crippen molar-refractivity contribution in [2.75, 3.05) is 11.9 Å². The zero-order valence-corrected chi connectivity index (χ0v) is 11.6. The summed E-state index contributed by atoms with van der Waals surface area (Å²) in [6.45, 7) is 4.49. The Morgan fingerprint density at radius 2 is 2.11 bits per heavy atom. The lowest BCUT2D eigenvalue weighted by Crippen LogP contribution is -2.31. The molecule has 1 aromatic heterocycles. The van der Waals surface area contributed by atoms with E-state index in [1.165, 1.54) is 0 Å². The topological polar surface area (TPSA) is 59.0 Å². The summed E-state index contributed by atoms with van der Waals surface area (Å²) >= 11 is 0. The Kier molecular flexibility index (Phi) is 4.04. The molecule has 19 heavy (non-hydrogen) atoms. The van der Waals surface area contributed by atoms with Gasteiger partial charge in [0.15, 0.2) is 0 Å². The van der Waals surface area contributed by atoms with E-state index in [0.717, 1.165) is 17.0 Å². The van der Waals surface area contributed by atoms with Gasteiger partial charge >= 0.3 is 0 Å². The van der Waals surface area contributed by atoms with E-state index in [-0.39, 0.29) is 11.9 Å². The number of aryl methyl sites for hydroxylation is 1. The van der Waals surface area contributed by atoms with Crippen LogP contribution in [-0.2, 0) is 11.8 Å². The van der Waals surface area contributed by atoms with Gasteiger partial charge in [0.05, 0.1) is 11.0 Å².